The summed E-state index contributed by atoms with van der Waals surface area (Å²) in [7, 11) is 3.16. The van der Waals surface area contributed by atoms with Crippen LogP contribution in [-0.4, -0.2) is 42.1 Å². The highest BCUT2D eigenvalue weighted by Gasteiger charge is 2.16. The summed E-state index contributed by atoms with van der Waals surface area (Å²) in [6.45, 7) is 0. The van der Waals surface area contributed by atoms with Crippen molar-refractivity contribution in [2.75, 3.05) is 20.0 Å². The van der Waals surface area contributed by atoms with E-state index in [4.69, 9.17) is 13.9 Å². The van der Waals surface area contributed by atoms with E-state index in [-0.39, 0.29) is 11.7 Å². The molecule has 1 aliphatic carbocycles. The summed E-state index contributed by atoms with van der Waals surface area (Å²) in [6.07, 6.45) is 8.37. The molecule has 0 spiro atoms. The summed E-state index contributed by atoms with van der Waals surface area (Å²) in [5.74, 6) is 1.88. The van der Waals surface area contributed by atoms with Crippen molar-refractivity contribution in [3.8, 4) is 23.0 Å². The lowest BCUT2D eigenvalue weighted by molar-refractivity contribution is -0.119. The van der Waals surface area contributed by atoms with Crippen molar-refractivity contribution in [3.05, 3.63) is 18.2 Å². The molecule has 1 aromatic carbocycles. The maximum Gasteiger partial charge on any atom is 0.277 e. The first-order chi connectivity index (χ1) is 13.7. The lowest BCUT2D eigenvalue weighted by atomic mass is 9.97. The Balaban J connectivity index is 1.53. The molecule has 0 bridgehead atoms. The molecular formula is C20H27N3O4S. The van der Waals surface area contributed by atoms with E-state index in [2.05, 4.69) is 15.5 Å². The Morgan fingerprint density at radius 2 is 1.82 bits per heavy atom. The predicted octanol–water partition coefficient (Wildman–Crippen LogP) is 4.08. The number of carbonyl (C=O) groups excluding carboxylic acids is 1. The molecule has 1 aromatic heterocycles. The smallest absolute Gasteiger partial charge is 0.277 e. The Morgan fingerprint density at radius 1 is 1.11 bits per heavy atom. The minimum Gasteiger partial charge on any atom is -0.493 e. The number of carbonyl (C=O) groups is 1. The quantitative estimate of drug-likeness (QED) is 0.695. The number of methoxy groups -OCH3 is 2. The first-order valence-electron chi connectivity index (χ1n) is 9.67. The zero-order valence-corrected chi connectivity index (χ0v) is 17.2. The van der Waals surface area contributed by atoms with Gasteiger partial charge in [0.05, 0.1) is 20.0 Å². The summed E-state index contributed by atoms with van der Waals surface area (Å²) in [5.41, 5.74) is 0.732. The highest BCUT2D eigenvalue weighted by atomic mass is 32.2. The molecule has 2 aromatic rings. The van der Waals surface area contributed by atoms with Crippen molar-refractivity contribution in [2.24, 2.45) is 0 Å². The standard InChI is InChI=1S/C20H27N3O4S/c1-25-16-11-10-14(12-17(16)26-2)19-22-23-20(27-19)28-13-18(24)21-15-8-6-4-3-5-7-9-15/h10-12,15H,3-9,13H2,1-2H3,(H,21,24). The second kappa shape index (κ2) is 10.4. The highest BCUT2D eigenvalue weighted by Crippen LogP contribution is 2.32. The second-order valence-electron chi connectivity index (χ2n) is 6.84. The minimum absolute atomic E-state index is 0.0152. The van der Waals surface area contributed by atoms with Gasteiger partial charge in [0.1, 0.15) is 0 Å². The number of hydrogen-bond acceptors (Lipinski definition) is 7. The molecule has 1 aliphatic rings. The number of nitrogens with one attached hydrogen (secondary N) is 1. The SMILES string of the molecule is COc1ccc(-c2nnc(SCC(=O)NC3CCCCCCC3)o2)cc1OC. The van der Waals surface area contributed by atoms with Crippen molar-refractivity contribution >= 4 is 17.7 Å². The highest BCUT2D eigenvalue weighted by molar-refractivity contribution is 7.99. The van der Waals surface area contributed by atoms with Crippen LogP contribution < -0.4 is 14.8 Å². The van der Waals surface area contributed by atoms with E-state index < -0.39 is 0 Å². The van der Waals surface area contributed by atoms with Crippen LogP contribution in [0.1, 0.15) is 44.9 Å². The minimum atomic E-state index is 0.0152. The van der Waals surface area contributed by atoms with E-state index in [1.165, 1.54) is 43.9 Å². The lowest BCUT2D eigenvalue weighted by Gasteiger charge is -2.20. The van der Waals surface area contributed by atoms with Crippen LogP contribution in [0.25, 0.3) is 11.5 Å². The molecule has 3 rings (SSSR count). The van der Waals surface area contributed by atoms with Crippen LogP contribution in [0.5, 0.6) is 11.5 Å². The number of rotatable bonds is 7. The number of aromatic nitrogens is 2. The first kappa shape index (κ1) is 20.5. The fourth-order valence-corrected chi connectivity index (χ4v) is 3.93. The van der Waals surface area contributed by atoms with Gasteiger partial charge in [-0.3, -0.25) is 4.79 Å². The largest absolute Gasteiger partial charge is 0.493 e. The van der Waals surface area contributed by atoms with Crippen LogP contribution in [-0.2, 0) is 4.79 Å². The molecular weight excluding hydrogens is 378 g/mol. The molecule has 1 fully saturated rings. The van der Waals surface area contributed by atoms with Crippen molar-refractivity contribution in [1.29, 1.82) is 0 Å². The molecule has 1 heterocycles. The van der Waals surface area contributed by atoms with Crippen LogP contribution in [0.4, 0.5) is 0 Å². The number of hydrogen-bond donors (Lipinski definition) is 1. The number of amides is 1. The van der Waals surface area contributed by atoms with Crippen LogP contribution in [0.15, 0.2) is 27.8 Å². The summed E-state index contributed by atoms with van der Waals surface area (Å²) < 4.78 is 16.2. The van der Waals surface area contributed by atoms with Crippen molar-refractivity contribution in [2.45, 2.75) is 56.2 Å². The Bertz CT molecular complexity index is 773. The van der Waals surface area contributed by atoms with E-state index in [1.54, 1.807) is 26.4 Å². The van der Waals surface area contributed by atoms with Gasteiger partial charge in [0.25, 0.3) is 5.22 Å². The maximum absolute atomic E-state index is 12.3. The van der Waals surface area contributed by atoms with Gasteiger partial charge >= 0.3 is 0 Å². The number of ether oxygens (including phenoxy) is 2. The Morgan fingerprint density at radius 3 is 2.54 bits per heavy atom. The van der Waals surface area contributed by atoms with Gasteiger partial charge in [0.2, 0.25) is 11.8 Å². The third kappa shape index (κ3) is 5.64. The van der Waals surface area contributed by atoms with E-state index >= 15 is 0 Å². The van der Waals surface area contributed by atoms with E-state index in [0.717, 1.165) is 18.4 Å². The van der Waals surface area contributed by atoms with E-state index in [1.807, 2.05) is 6.07 Å². The van der Waals surface area contributed by atoms with Gasteiger partial charge in [-0.2, -0.15) is 0 Å². The molecule has 0 saturated heterocycles. The number of thioether (sulfide) groups is 1. The van der Waals surface area contributed by atoms with Crippen molar-refractivity contribution in [3.63, 3.8) is 0 Å². The topological polar surface area (TPSA) is 86.5 Å². The van der Waals surface area contributed by atoms with E-state index in [9.17, 15) is 4.79 Å². The maximum atomic E-state index is 12.3. The molecule has 0 aliphatic heterocycles. The molecule has 1 saturated carbocycles. The van der Waals surface area contributed by atoms with Gasteiger partial charge in [0, 0.05) is 11.6 Å². The molecule has 7 nitrogen and oxygen atoms in total. The Labute approximate surface area is 169 Å². The third-order valence-corrected chi connectivity index (χ3v) is 5.65. The molecule has 8 heteroatoms. The normalized spacial score (nSPS) is 15.5. The molecule has 1 N–H and O–H groups in total. The van der Waals surface area contributed by atoms with Crippen molar-refractivity contribution < 1.29 is 18.7 Å². The summed E-state index contributed by atoms with van der Waals surface area (Å²) in [5, 5.41) is 11.6. The number of nitrogens with zero attached hydrogens (tertiary/aromatic N) is 2. The Kier molecular flexibility index (Phi) is 7.59. The fourth-order valence-electron chi connectivity index (χ4n) is 3.35. The van der Waals surface area contributed by atoms with Gasteiger partial charge in [-0.25, -0.2) is 0 Å². The van der Waals surface area contributed by atoms with Gasteiger partial charge in [-0.15, -0.1) is 10.2 Å². The lowest BCUT2D eigenvalue weighted by Crippen LogP contribution is -2.36. The predicted molar refractivity (Wildman–Crippen MR) is 108 cm³/mol. The van der Waals surface area contributed by atoms with E-state index in [0.29, 0.717) is 28.7 Å². The molecule has 0 unspecified atom stereocenters. The van der Waals surface area contributed by atoms with Crippen molar-refractivity contribution in [1.82, 2.24) is 15.5 Å². The summed E-state index contributed by atoms with van der Waals surface area (Å²) >= 11 is 1.25. The van der Waals surface area contributed by atoms with Gasteiger partial charge < -0.3 is 19.2 Å². The zero-order valence-electron chi connectivity index (χ0n) is 16.4. The van der Waals surface area contributed by atoms with Crippen LogP contribution >= 0.6 is 11.8 Å². The summed E-state index contributed by atoms with van der Waals surface area (Å²) in [4.78, 5) is 12.3. The van der Waals surface area contributed by atoms with Crippen LogP contribution in [0, 0.1) is 0 Å². The summed E-state index contributed by atoms with van der Waals surface area (Å²) in [6, 6.07) is 5.68. The molecule has 28 heavy (non-hydrogen) atoms. The average molecular weight is 406 g/mol. The zero-order chi connectivity index (χ0) is 19.8. The molecule has 0 atom stereocenters. The monoisotopic (exact) mass is 405 g/mol. The molecule has 152 valence electrons. The number of benzene rings is 1. The van der Waals surface area contributed by atoms with Crippen LogP contribution in [0.2, 0.25) is 0 Å². The first-order valence-corrected chi connectivity index (χ1v) is 10.7. The van der Waals surface area contributed by atoms with Gasteiger partial charge in [-0.05, 0) is 31.0 Å². The molecule has 0 radical (unpaired) electrons. The average Bonchev–Trinajstić information content (AvgIpc) is 3.17. The third-order valence-electron chi connectivity index (χ3n) is 4.83. The fraction of sp³-hybridized carbons (Fsp3) is 0.550. The van der Waals surface area contributed by atoms with Gasteiger partial charge in [-0.1, -0.05) is 43.9 Å². The second-order valence-corrected chi connectivity index (χ2v) is 7.77. The van der Waals surface area contributed by atoms with Crippen LogP contribution in [0.3, 0.4) is 0 Å². The Hall–Kier alpha value is -2.22. The van der Waals surface area contributed by atoms with Gasteiger partial charge in [0.15, 0.2) is 11.5 Å². The molecule has 1 amide bonds.